The Morgan fingerprint density at radius 1 is 1.03 bits per heavy atom. The number of halogens is 1. The summed E-state index contributed by atoms with van der Waals surface area (Å²) in [7, 11) is 0. The van der Waals surface area contributed by atoms with Crippen molar-refractivity contribution in [3.05, 3.63) is 82.2 Å². The summed E-state index contributed by atoms with van der Waals surface area (Å²) in [4.78, 5) is 19.4. The largest absolute Gasteiger partial charge is 0.387 e. The lowest BCUT2D eigenvalue weighted by Gasteiger charge is -2.07. The maximum Gasteiger partial charge on any atom is 0.192 e. The van der Waals surface area contributed by atoms with Gasteiger partial charge in [0.2, 0.25) is 0 Å². The normalized spacial score (nSPS) is 11.8. The van der Waals surface area contributed by atoms with Crippen molar-refractivity contribution in [2.24, 2.45) is 5.16 Å². The summed E-state index contributed by atoms with van der Waals surface area (Å²) in [5.74, 6) is 1.35. The molecule has 0 radical (unpaired) electrons. The number of rotatable bonds is 5. The summed E-state index contributed by atoms with van der Waals surface area (Å²) in [6, 6.07) is 13.3. The van der Waals surface area contributed by atoms with E-state index in [1.54, 1.807) is 29.2 Å². The molecular weight excluding hydrogens is 426 g/mol. The van der Waals surface area contributed by atoms with Gasteiger partial charge in [0.25, 0.3) is 0 Å². The Bertz CT molecular complexity index is 1470. The highest BCUT2D eigenvalue weighted by Crippen LogP contribution is 2.29. The van der Waals surface area contributed by atoms with E-state index in [-0.39, 0.29) is 6.61 Å². The fourth-order valence-electron chi connectivity index (χ4n) is 3.64. The van der Waals surface area contributed by atoms with Gasteiger partial charge in [-0.15, -0.1) is 5.10 Å². The number of benzene rings is 1. The van der Waals surface area contributed by atoms with Crippen LogP contribution in [0.2, 0.25) is 5.02 Å². The van der Waals surface area contributed by atoms with Gasteiger partial charge >= 0.3 is 0 Å². The minimum absolute atomic E-state index is 0.144. The van der Waals surface area contributed by atoms with Crippen LogP contribution < -0.4 is 0 Å². The zero-order chi connectivity index (χ0) is 22.2. The molecule has 0 N–H and O–H groups in total. The number of fused-ring (bicyclic) bond motifs is 3. The van der Waals surface area contributed by atoms with Crippen LogP contribution in [-0.4, -0.2) is 35.3 Å². The lowest BCUT2D eigenvalue weighted by atomic mass is 10.2. The second-order valence-electron chi connectivity index (χ2n) is 7.48. The minimum Gasteiger partial charge on any atom is -0.387 e. The number of hydrogen-bond donors (Lipinski definition) is 0. The molecule has 0 aliphatic rings. The van der Waals surface area contributed by atoms with Gasteiger partial charge in [0.05, 0.1) is 11.6 Å². The molecule has 4 aromatic heterocycles. The summed E-state index contributed by atoms with van der Waals surface area (Å²) in [6.07, 6.45) is 3.28. The summed E-state index contributed by atoms with van der Waals surface area (Å²) >= 11 is 5.89. The molecule has 8 nitrogen and oxygen atoms in total. The van der Waals surface area contributed by atoms with Crippen molar-refractivity contribution in [3.63, 3.8) is 0 Å². The molecule has 4 heterocycles. The summed E-state index contributed by atoms with van der Waals surface area (Å²) < 4.78 is 3.73. The fraction of sp³-hybridized carbons (Fsp3) is 0.174. The lowest BCUT2D eigenvalue weighted by Crippen LogP contribution is -2.02. The molecule has 160 valence electrons. The van der Waals surface area contributed by atoms with E-state index in [4.69, 9.17) is 16.4 Å². The molecule has 0 aliphatic carbocycles. The van der Waals surface area contributed by atoms with Crippen molar-refractivity contribution < 1.29 is 4.84 Å². The number of aryl methyl sites for hydroxylation is 2. The van der Waals surface area contributed by atoms with E-state index in [1.807, 2.05) is 37.3 Å². The van der Waals surface area contributed by atoms with E-state index in [2.05, 4.69) is 43.6 Å². The molecule has 5 aromatic rings. The zero-order valence-corrected chi connectivity index (χ0v) is 18.6. The topological polar surface area (TPSA) is 82.5 Å². The van der Waals surface area contributed by atoms with Gasteiger partial charge in [0.15, 0.2) is 23.7 Å². The molecule has 32 heavy (non-hydrogen) atoms. The molecule has 0 aliphatic heterocycles. The van der Waals surface area contributed by atoms with Gasteiger partial charge < -0.3 is 4.84 Å². The van der Waals surface area contributed by atoms with Crippen molar-refractivity contribution in [3.8, 4) is 5.82 Å². The molecular formula is C23H20ClN7O. The van der Waals surface area contributed by atoms with Gasteiger partial charge in [-0.2, -0.15) is 0 Å². The Kier molecular flexibility index (Phi) is 5.07. The van der Waals surface area contributed by atoms with Crippen LogP contribution in [0.5, 0.6) is 0 Å². The van der Waals surface area contributed by atoms with Crippen LogP contribution in [0.3, 0.4) is 0 Å². The van der Waals surface area contributed by atoms with Gasteiger partial charge in [0.1, 0.15) is 12.1 Å². The Labute approximate surface area is 189 Å². The molecule has 0 saturated carbocycles. The first-order valence-corrected chi connectivity index (χ1v) is 10.5. The smallest absolute Gasteiger partial charge is 0.192 e. The van der Waals surface area contributed by atoms with Crippen molar-refractivity contribution in [1.29, 1.82) is 0 Å². The molecule has 5 rings (SSSR count). The van der Waals surface area contributed by atoms with Crippen molar-refractivity contribution in [1.82, 2.24) is 29.1 Å². The predicted molar refractivity (Wildman–Crippen MR) is 123 cm³/mol. The molecule has 0 amide bonds. The molecule has 9 heteroatoms. The first kappa shape index (κ1) is 20.1. The van der Waals surface area contributed by atoms with Gasteiger partial charge in [0, 0.05) is 16.4 Å². The molecule has 0 unspecified atom stereocenters. The highest BCUT2D eigenvalue weighted by Gasteiger charge is 2.19. The first-order valence-electron chi connectivity index (χ1n) is 10.1. The number of oxime groups is 1. The van der Waals surface area contributed by atoms with E-state index in [0.29, 0.717) is 10.8 Å². The number of nitrogens with zero attached hydrogens (tertiary/aromatic N) is 7. The standard InChI is InChI=1S/C23H20ClN7O/c1-14-5-4-6-20(27-14)31-16(3)15(2)21-22(31)25-13-30-23(21)28-19(29-30)12-32-26-11-17-7-9-18(24)10-8-17/h4-11,13H,12H2,1-3H3/b26-11+. The molecule has 0 atom stereocenters. The molecule has 1 aromatic carbocycles. The maximum atomic E-state index is 5.89. The van der Waals surface area contributed by atoms with Crippen molar-refractivity contribution in [2.45, 2.75) is 27.4 Å². The third-order valence-electron chi connectivity index (χ3n) is 5.32. The fourth-order valence-corrected chi connectivity index (χ4v) is 3.77. The second kappa shape index (κ2) is 8.05. The summed E-state index contributed by atoms with van der Waals surface area (Å²) in [5, 5.41) is 10.1. The monoisotopic (exact) mass is 445 g/mol. The minimum atomic E-state index is 0.144. The van der Waals surface area contributed by atoms with Crippen LogP contribution in [0.1, 0.15) is 28.3 Å². The van der Waals surface area contributed by atoms with Crippen LogP contribution in [-0.2, 0) is 11.4 Å². The first-order chi connectivity index (χ1) is 15.5. The van der Waals surface area contributed by atoms with Gasteiger partial charge in [-0.1, -0.05) is 35.0 Å². The quantitative estimate of drug-likeness (QED) is 0.292. The third kappa shape index (κ3) is 3.58. The number of hydrogen-bond acceptors (Lipinski definition) is 6. The highest BCUT2D eigenvalue weighted by atomic mass is 35.5. The average Bonchev–Trinajstić information content (AvgIpc) is 3.31. The number of pyridine rings is 1. The van der Waals surface area contributed by atoms with Crippen molar-refractivity contribution >= 4 is 34.5 Å². The van der Waals surface area contributed by atoms with E-state index in [0.717, 1.165) is 45.0 Å². The maximum absolute atomic E-state index is 5.89. The SMILES string of the molecule is Cc1cccc(-n2c(C)c(C)c3c2ncn2nc(CO/N=C/c4ccc(Cl)cc4)nc32)n1. The Balaban J connectivity index is 1.47. The third-order valence-corrected chi connectivity index (χ3v) is 5.57. The Morgan fingerprint density at radius 3 is 2.62 bits per heavy atom. The average molecular weight is 446 g/mol. The van der Waals surface area contributed by atoms with Crippen LogP contribution in [0.15, 0.2) is 53.9 Å². The molecule has 0 fully saturated rings. The van der Waals surface area contributed by atoms with E-state index < -0.39 is 0 Å². The molecule has 0 spiro atoms. The van der Waals surface area contributed by atoms with Gasteiger partial charge in [-0.3, -0.25) is 4.57 Å². The Morgan fingerprint density at radius 2 is 1.84 bits per heavy atom. The van der Waals surface area contributed by atoms with Crippen LogP contribution >= 0.6 is 11.6 Å². The van der Waals surface area contributed by atoms with E-state index >= 15 is 0 Å². The van der Waals surface area contributed by atoms with Gasteiger partial charge in [-0.05, 0) is 56.2 Å². The molecule has 0 bridgehead atoms. The summed E-state index contributed by atoms with van der Waals surface area (Å²) in [6.45, 7) is 6.24. The Hall–Kier alpha value is -3.78. The zero-order valence-electron chi connectivity index (χ0n) is 17.8. The van der Waals surface area contributed by atoms with E-state index in [9.17, 15) is 0 Å². The van der Waals surface area contributed by atoms with Crippen LogP contribution in [0.4, 0.5) is 0 Å². The number of aromatic nitrogens is 6. The van der Waals surface area contributed by atoms with E-state index in [1.165, 1.54) is 0 Å². The van der Waals surface area contributed by atoms with Crippen LogP contribution in [0, 0.1) is 20.8 Å². The van der Waals surface area contributed by atoms with Crippen LogP contribution in [0.25, 0.3) is 22.5 Å². The predicted octanol–water partition coefficient (Wildman–Crippen LogP) is 4.59. The molecule has 0 saturated heterocycles. The summed E-state index contributed by atoms with van der Waals surface area (Å²) in [5.41, 5.74) is 5.51. The highest BCUT2D eigenvalue weighted by molar-refractivity contribution is 6.30. The van der Waals surface area contributed by atoms with Gasteiger partial charge in [-0.25, -0.2) is 19.5 Å². The second-order valence-corrected chi connectivity index (χ2v) is 7.92. The van der Waals surface area contributed by atoms with Crippen molar-refractivity contribution in [2.75, 3.05) is 0 Å². The lowest BCUT2D eigenvalue weighted by molar-refractivity contribution is 0.126.